The van der Waals surface area contributed by atoms with Gasteiger partial charge < -0.3 is 5.32 Å². The molecule has 0 aliphatic rings. The first kappa shape index (κ1) is 19.4. The number of anilines is 1. The number of amides is 1. The van der Waals surface area contributed by atoms with Gasteiger partial charge in [0, 0.05) is 16.9 Å². The van der Waals surface area contributed by atoms with Crippen LogP contribution in [-0.2, 0) is 11.0 Å². The van der Waals surface area contributed by atoms with Gasteiger partial charge in [0.15, 0.2) is 0 Å². The van der Waals surface area contributed by atoms with E-state index in [-0.39, 0.29) is 5.52 Å². The van der Waals surface area contributed by atoms with Crippen LogP contribution in [0.3, 0.4) is 0 Å². The van der Waals surface area contributed by atoms with Crippen LogP contribution in [0.15, 0.2) is 30.5 Å². The fraction of sp³-hybridized carbons (Fsp3) is 0.375. The number of nitrogens with one attached hydrogen (secondary N) is 1. The number of benzene rings is 1. The Labute approximate surface area is 141 Å². The van der Waals surface area contributed by atoms with Crippen LogP contribution >= 0.6 is 15.9 Å². The van der Waals surface area contributed by atoms with E-state index >= 15 is 0 Å². The van der Waals surface area contributed by atoms with Gasteiger partial charge in [0.25, 0.3) is 0 Å². The zero-order valence-electron chi connectivity index (χ0n) is 12.7. The highest BCUT2D eigenvalue weighted by Crippen LogP contribution is 2.32. The lowest BCUT2D eigenvalue weighted by molar-refractivity contribution is -0.137. The molecule has 23 heavy (non-hydrogen) atoms. The van der Waals surface area contributed by atoms with Crippen LogP contribution < -0.4 is 5.32 Å². The van der Waals surface area contributed by atoms with E-state index in [4.69, 9.17) is 0 Å². The summed E-state index contributed by atoms with van der Waals surface area (Å²) in [5.74, 6) is 0. The molecule has 2 rings (SSSR count). The number of rotatable bonds is 5. The average Bonchev–Trinajstić information content (AvgIpc) is 2.53. The third-order valence-electron chi connectivity index (χ3n) is 3.02. The lowest BCUT2D eigenvalue weighted by Gasteiger charge is -2.09. The number of fused-ring (bicyclic) bond motifs is 1. The molecule has 126 valence electrons. The highest BCUT2D eigenvalue weighted by Gasteiger charge is 2.30. The van der Waals surface area contributed by atoms with Crippen LogP contribution in [0.4, 0.5) is 18.9 Å². The summed E-state index contributed by atoms with van der Waals surface area (Å²) in [6.45, 7) is 2.21. The largest absolute Gasteiger partial charge is 0.416 e. The molecule has 1 aromatic carbocycles. The van der Waals surface area contributed by atoms with Crippen LogP contribution in [0, 0.1) is 0 Å². The second-order valence-electron chi connectivity index (χ2n) is 4.75. The standard InChI is InChI=1S/C11H7F3N2O.C5H11Br/c12-11(13,14)7-1-2-8-9(16-6-17)3-4-15-10(8)5-7;1-2-3-4-5-6/h1-6H,(H,15,16,17);2-5H2,1H3. The number of hydrogen-bond acceptors (Lipinski definition) is 2. The number of aromatic nitrogens is 1. The molecule has 0 bridgehead atoms. The molecule has 1 heterocycles. The van der Waals surface area contributed by atoms with Crippen molar-refractivity contribution in [1.29, 1.82) is 0 Å². The van der Waals surface area contributed by atoms with Gasteiger partial charge in [-0.25, -0.2) is 0 Å². The van der Waals surface area contributed by atoms with Crippen molar-refractivity contribution in [2.45, 2.75) is 32.4 Å². The van der Waals surface area contributed by atoms with Crippen molar-refractivity contribution < 1.29 is 18.0 Å². The quantitative estimate of drug-likeness (QED) is 0.422. The molecule has 1 amide bonds. The molecule has 7 heteroatoms. The summed E-state index contributed by atoms with van der Waals surface area (Å²) in [5, 5.41) is 4.04. The smallest absolute Gasteiger partial charge is 0.328 e. The number of pyridine rings is 1. The summed E-state index contributed by atoms with van der Waals surface area (Å²) in [5.41, 5.74) is -0.147. The van der Waals surface area contributed by atoms with Crippen molar-refractivity contribution in [1.82, 2.24) is 4.98 Å². The van der Waals surface area contributed by atoms with Crippen molar-refractivity contribution in [2.75, 3.05) is 10.6 Å². The van der Waals surface area contributed by atoms with Gasteiger partial charge in [0.1, 0.15) is 0 Å². The number of unbranched alkanes of at least 4 members (excludes halogenated alkanes) is 2. The van der Waals surface area contributed by atoms with E-state index in [1.807, 2.05) is 0 Å². The molecule has 0 aliphatic heterocycles. The maximum atomic E-state index is 12.5. The fourth-order valence-corrected chi connectivity index (χ4v) is 2.25. The Bertz CT molecular complexity index is 628. The number of hydrogen-bond donors (Lipinski definition) is 1. The van der Waals surface area contributed by atoms with E-state index in [9.17, 15) is 18.0 Å². The highest BCUT2D eigenvalue weighted by atomic mass is 79.9. The van der Waals surface area contributed by atoms with Gasteiger partial charge in [-0.2, -0.15) is 13.2 Å². The molecular formula is C16H18BrF3N2O. The number of halogens is 4. The molecule has 0 saturated heterocycles. The maximum absolute atomic E-state index is 12.5. The lowest BCUT2D eigenvalue weighted by atomic mass is 10.1. The Balaban J connectivity index is 0.000000379. The second kappa shape index (κ2) is 9.50. The summed E-state index contributed by atoms with van der Waals surface area (Å²) >= 11 is 3.35. The molecule has 0 radical (unpaired) electrons. The summed E-state index contributed by atoms with van der Waals surface area (Å²) in [7, 11) is 0. The number of nitrogens with zero attached hydrogens (tertiary/aromatic N) is 1. The summed E-state index contributed by atoms with van der Waals surface area (Å²) in [6, 6.07) is 4.71. The molecule has 0 fully saturated rings. The Morgan fingerprint density at radius 1 is 1.26 bits per heavy atom. The van der Waals surface area contributed by atoms with E-state index in [1.165, 1.54) is 42.9 Å². The Hall–Kier alpha value is -1.63. The first-order chi connectivity index (χ1) is 10.9. The van der Waals surface area contributed by atoms with E-state index in [0.29, 0.717) is 17.5 Å². The van der Waals surface area contributed by atoms with E-state index < -0.39 is 11.7 Å². The summed E-state index contributed by atoms with van der Waals surface area (Å²) in [6.07, 6.45) is 1.43. The van der Waals surface area contributed by atoms with E-state index in [1.54, 1.807) is 0 Å². The van der Waals surface area contributed by atoms with Crippen molar-refractivity contribution in [3.8, 4) is 0 Å². The van der Waals surface area contributed by atoms with Gasteiger partial charge in [0.2, 0.25) is 6.41 Å². The monoisotopic (exact) mass is 390 g/mol. The third-order valence-corrected chi connectivity index (χ3v) is 3.58. The zero-order valence-corrected chi connectivity index (χ0v) is 14.2. The zero-order chi connectivity index (χ0) is 17.3. The topological polar surface area (TPSA) is 42.0 Å². The Kier molecular flexibility index (Phi) is 8.02. The number of alkyl halides is 4. The van der Waals surface area contributed by atoms with Crippen molar-refractivity contribution >= 4 is 38.9 Å². The van der Waals surface area contributed by atoms with Crippen LogP contribution in [0.2, 0.25) is 0 Å². The van der Waals surface area contributed by atoms with Crippen molar-refractivity contribution in [2.24, 2.45) is 0 Å². The molecule has 0 aliphatic carbocycles. The normalized spacial score (nSPS) is 10.8. The third kappa shape index (κ3) is 6.17. The van der Waals surface area contributed by atoms with Gasteiger partial charge in [-0.3, -0.25) is 9.78 Å². The minimum absolute atomic E-state index is 0.187. The van der Waals surface area contributed by atoms with Crippen LogP contribution in [0.1, 0.15) is 31.7 Å². The fourth-order valence-electron chi connectivity index (χ4n) is 1.86. The molecule has 2 aromatic rings. The molecule has 0 atom stereocenters. The minimum Gasteiger partial charge on any atom is -0.328 e. The highest BCUT2D eigenvalue weighted by molar-refractivity contribution is 9.09. The van der Waals surface area contributed by atoms with E-state index in [2.05, 4.69) is 33.2 Å². The first-order valence-electron chi connectivity index (χ1n) is 7.16. The van der Waals surface area contributed by atoms with Crippen LogP contribution in [-0.4, -0.2) is 16.7 Å². The molecule has 1 N–H and O–H groups in total. The predicted octanol–water partition coefficient (Wildman–Crippen LogP) is 5.39. The van der Waals surface area contributed by atoms with Crippen LogP contribution in [0.25, 0.3) is 10.9 Å². The van der Waals surface area contributed by atoms with Gasteiger partial charge in [-0.05, 0) is 24.6 Å². The molecular weight excluding hydrogens is 373 g/mol. The van der Waals surface area contributed by atoms with Crippen molar-refractivity contribution in [3.63, 3.8) is 0 Å². The van der Waals surface area contributed by atoms with Crippen LogP contribution in [0.5, 0.6) is 0 Å². The average molecular weight is 391 g/mol. The Morgan fingerprint density at radius 3 is 2.52 bits per heavy atom. The van der Waals surface area contributed by atoms with Gasteiger partial charge in [0.05, 0.1) is 16.8 Å². The molecule has 0 unspecified atom stereocenters. The summed E-state index contributed by atoms with van der Waals surface area (Å²) in [4.78, 5) is 14.2. The molecule has 3 nitrogen and oxygen atoms in total. The van der Waals surface area contributed by atoms with E-state index in [0.717, 1.165) is 12.1 Å². The molecule has 0 spiro atoms. The van der Waals surface area contributed by atoms with Gasteiger partial charge in [-0.1, -0.05) is 41.8 Å². The number of carbonyl (C=O) groups is 1. The van der Waals surface area contributed by atoms with Gasteiger partial charge >= 0.3 is 6.18 Å². The maximum Gasteiger partial charge on any atom is 0.416 e. The number of carbonyl (C=O) groups excluding carboxylic acids is 1. The SMILES string of the molecule is CCCCCBr.O=CNc1ccnc2cc(C(F)(F)F)ccc12. The second-order valence-corrected chi connectivity index (χ2v) is 5.54. The predicted molar refractivity (Wildman–Crippen MR) is 89.8 cm³/mol. The lowest BCUT2D eigenvalue weighted by Crippen LogP contribution is -2.05. The molecule has 0 saturated carbocycles. The van der Waals surface area contributed by atoms with Crippen molar-refractivity contribution in [3.05, 3.63) is 36.0 Å². The van der Waals surface area contributed by atoms with Gasteiger partial charge in [-0.15, -0.1) is 0 Å². The Morgan fingerprint density at radius 2 is 2.00 bits per heavy atom. The minimum atomic E-state index is -4.40. The summed E-state index contributed by atoms with van der Waals surface area (Å²) < 4.78 is 37.4. The molecule has 1 aromatic heterocycles. The first-order valence-corrected chi connectivity index (χ1v) is 8.28.